The summed E-state index contributed by atoms with van der Waals surface area (Å²) < 4.78 is 39.5. The molecule has 0 unspecified atom stereocenters. The van der Waals surface area contributed by atoms with Crippen LogP contribution >= 0.6 is 11.6 Å². The summed E-state index contributed by atoms with van der Waals surface area (Å²) in [4.78, 5) is 3.78. The third-order valence-electron chi connectivity index (χ3n) is 2.49. The Morgan fingerprint density at radius 3 is 2.53 bits per heavy atom. The average molecular weight is 260 g/mol. The summed E-state index contributed by atoms with van der Waals surface area (Å²) in [6.45, 7) is 1.95. The highest BCUT2D eigenvalue weighted by molar-refractivity contribution is 6.30. The van der Waals surface area contributed by atoms with Crippen LogP contribution in [-0.4, -0.2) is 4.98 Å². The van der Waals surface area contributed by atoms with Crippen molar-refractivity contribution in [1.29, 1.82) is 0 Å². The van der Waals surface area contributed by atoms with Crippen molar-refractivity contribution in [3.63, 3.8) is 0 Å². The number of pyridine rings is 1. The predicted molar refractivity (Wildman–Crippen MR) is 60.6 cm³/mol. The summed E-state index contributed by atoms with van der Waals surface area (Å²) in [5.41, 5.74) is 0.459. The number of hydrogen-bond donors (Lipinski definition) is 0. The fourth-order valence-electron chi connectivity index (χ4n) is 1.69. The average Bonchev–Trinajstić information content (AvgIpc) is 2.29. The molecule has 0 atom stereocenters. The first-order chi connectivity index (χ1) is 8.04. The number of rotatable bonds is 2. The van der Waals surface area contributed by atoms with E-state index in [0.717, 1.165) is 12.5 Å². The van der Waals surface area contributed by atoms with E-state index < -0.39 is 17.5 Å². The monoisotopic (exact) mass is 259 g/mol. The summed E-state index contributed by atoms with van der Waals surface area (Å²) >= 11 is 5.85. The van der Waals surface area contributed by atoms with Crippen LogP contribution in [-0.2, 0) is 6.42 Å². The third-order valence-corrected chi connectivity index (χ3v) is 2.82. The molecule has 17 heavy (non-hydrogen) atoms. The van der Waals surface area contributed by atoms with Gasteiger partial charge in [-0.05, 0) is 24.1 Å². The zero-order valence-electron chi connectivity index (χ0n) is 9.03. The van der Waals surface area contributed by atoms with Crippen molar-refractivity contribution in [2.75, 3.05) is 0 Å². The van der Waals surface area contributed by atoms with E-state index in [-0.39, 0.29) is 16.1 Å². The van der Waals surface area contributed by atoms with Crippen LogP contribution in [0.3, 0.4) is 0 Å². The van der Waals surface area contributed by atoms with E-state index in [1.165, 1.54) is 0 Å². The lowest BCUT2D eigenvalue weighted by molar-refractivity contribution is 0.452. The molecule has 2 aromatic rings. The van der Waals surface area contributed by atoms with Gasteiger partial charge in [0.2, 0.25) is 0 Å². The molecule has 0 N–H and O–H groups in total. The van der Waals surface area contributed by atoms with E-state index >= 15 is 0 Å². The molecule has 0 aliphatic rings. The molecule has 0 aliphatic carbocycles. The Kier molecular flexibility index (Phi) is 3.24. The van der Waals surface area contributed by atoms with Crippen LogP contribution in [0.15, 0.2) is 12.1 Å². The number of aromatic nitrogens is 1. The number of fused-ring (bicyclic) bond motifs is 1. The van der Waals surface area contributed by atoms with Crippen molar-refractivity contribution in [2.45, 2.75) is 19.8 Å². The van der Waals surface area contributed by atoms with Gasteiger partial charge >= 0.3 is 0 Å². The number of aryl methyl sites for hydroxylation is 1. The van der Waals surface area contributed by atoms with Crippen LogP contribution < -0.4 is 0 Å². The highest BCUT2D eigenvalue weighted by Crippen LogP contribution is 2.26. The molecule has 0 aliphatic heterocycles. The highest BCUT2D eigenvalue weighted by atomic mass is 35.5. The van der Waals surface area contributed by atoms with Crippen molar-refractivity contribution in [3.8, 4) is 0 Å². The maximum atomic E-state index is 13.4. The van der Waals surface area contributed by atoms with E-state index in [9.17, 15) is 13.2 Å². The van der Waals surface area contributed by atoms with Crippen LogP contribution in [0.4, 0.5) is 13.2 Å². The highest BCUT2D eigenvalue weighted by Gasteiger charge is 2.16. The lowest BCUT2D eigenvalue weighted by Gasteiger charge is -2.06. The molecule has 5 heteroatoms. The van der Waals surface area contributed by atoms with Gasteiger partial charge in [-0.25, -0.2) is 18.2 Å². The Balaban J connectivity index is 2.74. The van der Waals surface area contributed by atoms with Gasteiger partial charge in [0.1, 0.15) is 10.7 Å². The lowest BCUT2D eigenvalue weighted by atomic mass is 10.1. The van der Waals surface area contributed by atoms with Crippen LogP contribution in [0, 0.1) is 17.5 Å². The van der Waals surface area contributed by atoms with Gasteiger partial charge < -0.3 is 0 Å². The molecule has 0 spiro atoms. The first-order valence-corrected chi connectivity index (χ1v) is 5.55. The van der Waals surface area contributed by atoms with E-state index in [4.69, 9.17) is 11.6 Å². The van der Waals surface area contributed by atoms with Gasteiger partial charge in [-0.15, -0.1) is 0 Å². The molecule has 1 nitrogen and oxygen atoms in total. The van der Waals surface area contributed by atoms with Gasteiger partial charge in [-0.3, -0.25) is 0 Å². The van der Waals surface area contributed by atoms with Crippen LogP contribution in [0.1, 0.15) is 18.9 Å². The lowest BCUT2D eigenvalue weighted by Crippen LogP contribution is -1.97. The van der Waals surface area contributed by atoms with Gasteiger partial charge in [0.05, 0.1) is 0 Å². The van der Waals surface area contributed by atoms with Crippen molar-refractivity contribution in [2.24, 2.45) is 0 Å². The predicted octanol–water partition coefficient (Wildman–Crippen LogP) is 4.26. The molecule has 1 heterocycles. The first-order valence-electron chi connectivity index (χ1n) is 5.17. The van der Waals surface area contributed by atoms with Crippen molar-refractivity contribution >= 4 is 22.5 Å². The molecule has 0 bridgehead atoms. The minimum atomic E-state index is -1.52. The third kappa shape index (κ3) is 2.09. The maximum Gasteiger partial charge on any atom is 0.196 e. The second kappa shape index (κ2) is 4.53. The molecule has 2 rings (SSSR count). The zero-order valence-corrected chi connectivity index (χ0v) is 9.78. The molecular weight excluding hydrogens is 251 g/mol. The summed E-state index contributed by atoms with van der Waals surface area (Å²) in [6.07, 6.45) is 1.49. The molecule has 0 saturated carbocycles. The number of benzene rings is 1. The molecular formula is C12H9ClF3N. The number of halogens is 4. The fourth-order valence-corrected chi connectivity index (χ4v) is 1.92. The van der Waals surface area contributed by atoms with Crippen LogP contribution in [0.5, 0.6) is 0 Å². The second-order valence-electron chi connectivity index (χ2n) is 3.75. The van der Waals surface area contributed by atoms with Crippen molar-refractivity contribution in [1.82, 2.24) is 4.98 Å². The van der Waals surface area contributed by atoms with Crippen molar-refractivity contribution < 1.29 is 13.2 Å². The van der Waals surface area contributed by atoms with Gasteiger partial charge in [0.15, 0.2) is 17.5 Å². The van der Waals surface area contributed by atoms with Crippen LogP contribution in [0.2, 0.25) is 5.15 Å². The molecule has 1 aromatic carbocycles. The first kappa shape index (κ1) is 12.2. The number of hydrogen-bond acceptors (Lipinski definition) is 1. The Labute approximate surface area is 101 Å². The SMILES string of the molecule is CCCc1cc2cc(F)c(F)c(F)c2nc1Cl. The fraction of sp³-hybridized carbons (Fsp3) is 0.250. The Bertz CT molecular complexity index is 584. The van der Waals surface area contributed by atoms with E-state index in [0.29, 0.717) is 12.0 Å². The normalized spacial score (nSPS) is 11.1. The zero-order chi connectivity index (χ0) is 12.6. The van der Waals surface area contributed by atoms with Crippen LogP contribution in [0.25, 0.3) is 10.9 Å². The molecule has 0 fully saturated rings. The van der Waals surface area contributed by atoms with Gasteiger partial charge in [0, 0.05) is 5.39 Å². The Hall–Kier alpha value is -1.29. The van der Waals surface area contributed by atoms with Gasteiger partial charge in [-0.1, -0.05) is 24.9 Å². The minimum absolute atomic E-state index is 0.129. The quantitative estimate of drug-likeness (QED) is 0.580. The maximum absolute atomic E-state index is 13.4. The molecule has 1 aromatic heterocycles. The number of nitrogens with zero attached hydrogens (tertiary/aromatic N) is 1. The largest absolute Gasteiger partial charge is 0.233 e. The standard InChI is InChI=1S/C12H9ClF3N/c1-2-3-6-4-7-5-8(14)9(15)10(16)11(7)17-12(6)13/h4-5H,2-3H2,1H3. The molecule has 0 radical (unpaired) electrons. The summed E-state index contributed by atoms with van der Waals surface area (Å²) in [7, 11) is 0. The van der Waals surface area contributed by atoms with E-state index in [2.05, 4.69) is 4.98 Å². The smallest absolute Gasteiger partial charge is 0.196 e. The molecule has 0 amide bonds. The van der Waals surface area contributed by atoms with Gasteiger partial charge in [0.25, 0.3) is 0 Å². The second-order valence-corrected chi connectivity index (χ2v) is 4.10. The van der Waals surface area contributed by atoms with Gasteiger partial charge in [-0.2, -0.15) is 0 Å². The molecule has 90 valence electrons. The molecule has 0 saturated heterocycles. The Morgan fingerprint density at radius 2 is 1.88 bits per heavy atom. The summed E-state index contributed by atoms with van der Waals surface area (Å²) in [6, 6.07) is 2.47. The topological polar surface area (TPSA) is 12.9 Å². The summed E-state index contributed by atoms with van der Waals surface area (Å²) in [5.74, 6) is -4.05. The van der Waals surface area contributed by atoms with Crippen molar-refractivity contribution in [3.05, 3.63) is 40.3 Å². The van der Waals surface area contributed by atoms with E-state index in [1.54, 1.807) is 6.07 Å². The van der Waals surface area contributed by atoms with E-state index in [1.807, 2.05) is 6.92 Å². The minimum Gasteiger partial charge on any atom is -0.233 e. The summed E-state index contributed by atoms with van der Waals surface area (Å²) in [5, 5.41) is 0.346. The Morgan fingerprint density at radius 1 is 1.18 bits per heavy atom.